The molecule has 0 aliphatic carbocycles. The summed E-state index contributed by atoms with van der Waals surface area (Å²) < 4.78 is 0. The van der Waals surface area contributed by atoms with Crippen molar-refractivity contribution in [1.82, 2.24) is 0 Å². The maximum Gasteiger partial charge on any atom is 0.134 e. The van der Waals surface area contributed by atoms with E-state index in [1.165, 1.54) is 0 Å². The Hall–Kier alpha value is -0.370. The molecule has 1 unspecified atom stereocenters. The Kier molecular flexibility index (Phi) is 4.32. The molecule has 0 aromatic rings. The molecule has 0 fully saturated rings. The molecule has 0 aromatic carbocycles. The third-order valence-corrected chi connectivity index (χ3v) is 1.41. The van der Waals surface area contributed by atoms with Crippen LogP contribution < -0.4 is 5.73 Å². The molecule has 2 heteroatoms. The highest BCUT2D eigenvalue weighted by Crippen LogP contribution is 1.96. The zero-order valence-corrected chi connectivity index (χ0v) is 6.18. The molecule has 2 nitrogen and oxygen atoms in total. The van der Waals surface area contributed by atoms with Gasteiger partial charge in [-0.1, -0.05) is 13.8 Å². The van der Waals surface area contributed by atoms with Crippen LogP contribution in [0.2, 0.25) is 0 Å². The van der Waals surface area contributed by atoms with Crippen LogP contribution in [0.1, 0.15) is 33.1 Å². The second kappa shape index (κ2) is 4.50. The minimum absolute atomic E-state index is 0.0810. The van der Waals surface area contributed by atoms with E-state index in [4.69, 9.17) is 5.73 Å². The summed E-state index contributed by atoms with van der Waals surface area (Å²) in [5.74, 6) is 0.268. The van der Waals surface area contributed by atoms with Gasteiger partial charge in [-0.2, -0.15) is 0 Å². The van der Waals surface area contributed by atoms with Gasteiger partial charge in [-0.05, 0) is 6.42 Å². The van der Waals surface area contributed by atoms with Gasteiger partial charge < -0.3 is 5.73 Å². The first-order valence-electron chi connectivity index (χ1n) is 3.48. The van der Waals surface area contributed by atoms with Crippen molar-refractivity contribution in [2.24, 2.45) is 5.73 Å². The number of carbonyl (C=O) groups excluding carboxylic acids is 1. The minimum Gasteiger partial charge on any atom is -0.327 e. The van der Waals surface area contributed by atoms with Crippen molar-refractivity contribution in [3.8, 4) is 0 Å². The molecule has 0 rings (SSSR count). The molecule has 2 N–H and O–H groups in total. The van der Waals surface area contributed by atoms with Gasteiger partial charge in [0.2, 0.25) is 0 Å². The lowest BCUT2D eigenvalue weighted by atomic mass is 10.1. The fourth-order valence-corrected chi connectivity index (χ4v) is 0.581. The Morgan fingerprint density at radius 3 is 2.44 bits per heavy atom. The third kappa shape index (κ3) is 4.15. The number of carbonyl (C=O) groups is 1. The lowest BCUT2D eigenvalue weighted by molar-refractivity contribution is -0.119. The second-order valence-corrected chi connectivity index (χ2v) is 2.26. The number of ketones is 1. The molecule has 0 saturated carbocycles. The van der Waals surface area contributed by atoms with Crippen LogP contribution in [0.3, 0.4) is 0 Å². The van der Waals surface area contributed by atoms with E-state index in [1.54, 1.807) is 0 Å². The van der Waals surface area contributed by atoms with Gasteiger partial charge in [-0.25, -0.2) is 0 Å². The molecule has 54 valence electrons. The molecule has 0 aliphatic heterocycles. The highest BCUT2D eigenvalue weighted by Gasteiger charge is 2.03. The maximum atomic E-state index is 10.7. The van der Waals surface area contributed by atoms with Gasteiger partial charge in [-0.3, -0.25) is 4.79 Å². The Balaban J connectivity index is 3.34. The monoisotopic (exact) mass is 129 g/mol. The zero-order valence-electron chi connectivity index (χ0n) is 6.18. The average Bonchev–Trinajstić information content (AvgIpc) is 1.87. The highest BCUT2D eigenvalue weighted by atomic mass is 16.1. The molecule has 0 spiro atoms. The summed E-state index contributed by atoms with van der Waals surface area (Å²) in [5.41, 5.74) is 5.53. The number of hydrogen-bond donors (Lipinski definition) is 1. The topological polar surface area (TPSA) is 43.1 Å². The molecule has 0 saturated heterocycles. The van der Waals surface area contributed by atoms with Gasteiger partial charge in [-0.15, -0.1) is 0 Å². The van der Waals surface area contributed by atoms with Crippen LogP contribution in [0.5, 0.6) is 0 Å². The largest absolute Gasteiger partial charge is 0.327 e. The predicted octanol–water partition coefficient (Wildman–Crippen LogP) is 1.09. The van der Waals surface area contributed by atoms with Gasteiger partial charge in [0.25, 0.3) is 0 Å². The molecular formula is C7H15NO. The first-order valence-corrected chi connectivity index (χ1v) is 3.48. The number of Topliss-reactive ketones (excluding diaryl/α,β-unsaturated/α-hetero) is 1. The van der Waals surface area contributed by atoms with E-state index in [0.29, 0.717) is 12.8 Å². The second-order valence-electron chi connectivity index (χ2n) is 2.26. The average molecular weight is 129 g/mol. The normalized spacial score (nSPS) is 13.2. The molecule has 0 amide bonds. The molecule has 0 aromatic heterocycles. The highest BCUT2D eigenvalue weighted by molar-refractivity contribution is 5.78. The van der Waals surface area contributed by atoms with Crippen molar-refractivity contribution in [2.45, 2.75) is 39.2 Å². The summed E-state index contributed by atoms with van der Waals surface area (Å²) in [6.45, 7) is 3.86. The predicted molar refractivity (Wildman–Crippen MR) is 38.2 cm³/mol. The summed E-state index contributed by atoms with van der Waals surface area (Å²) in [5, 5.41) is 0. The van der Waals surface area contributed by atoms with Gasteiger partial charge >= 0.3 is 0 Å². The maximum absolute atomic E-state index is 10.7. The fraction of sp³-hybridized carbons (Fsp3) is 0.857. The van der Waals surface area contributed by atoms with Crippen LogP contribution in [0.25, 0.3) is 0 Å². The van der Waals surface area contributed by atoms with Crippen LogP contribution in [0, 0.1) is 0 Å². The summed E-state index contributed by atoms with van der Waals surface area (Å²) >= 11 is 0. The Bertz CT molecular complexity index is 90.9. The number of nitrogens with two attached hydrogens (primary N) is 1. The summed E-state index contributed by atoms with van der Waals surface area (Å²) in [7, 11) is 0. The van der Waals surface area contributed by atoms with Crippen LogP contribution in [-0.2, 0) is 4.79 Å². The Morgan fingerprint density at radius 1 is 1.56 bits per heavy atom. The minimum atomic E-state index is 0.0810. The van der Waals surface area contributed by atoms with Crippen molar-refractivity contribution in [3.05, 3.63) is 0 Å². The lowest BCUT2D eigenvalue weighted by Gasteiger charge is -2.04. The third-order valence-electron chi connectivity index (χ3n) is 1.41. The van der Waals surface area contributed by atoms with E-state index in [-0.39, 0.29) is 11.8 Å². The van der Waals surface area contributed by atoms with E-state index in [9.17, 15) is 4.79 Å². The van der Waals surface area contributed by atoms with E-state index in [2.05, 4.69) is 0 Å². The van der Waals surface area contributed by atoms with E-state index >= 15 is 0 Å². The lowest BCUT2D eigenvalue weighted by Crippen LogP contribution is -2.22. The smallest absolute Gasteiger partial charge is 0.134 e. The molecule has 1 atom stereocenters. The standard InChI is InChI=1S/C7H15NO/c1-3-6(8)5-7(9)4-2/h6H,3-5,8H2,1-2H3. The first-order chi connectivity index (χ1) is 4.20. The first kappa shape index (κ1) is 8.63. The Morgan fingerprint density at radius 2 is 2.11 bits per heavy atom. The number of hydrogen-bond acceptors (Lipinski definition) is 2. The van der Waals surface area contributed by atoms with Crippen molar-refractivity contribution in [3.63, 3.8) is 0 Å². The summed E-state index contributed by atoms with van der Waals surface area (Å²) in [4.78, 5) is 10.7. The van der Waals surface area contributed by atoms with Gasteiger partial charge in [0.1, 0.15) is 5.78 Å². The molecule has 9 heavy (non-hydrogen) atoms. The SMILES string of the molecule is CCC(=O)CC(N)CC. The van der Waals surface area contributed by atoms with Gasteiger partial charge in [0, 0.05) is 18.9 Å². The summed E-state index contributed by atoms with van der Waals surface area (Å²) in [6.07, 6.45) is 2.06. The van der Waals surface area contributed by atoms with Crippen LogP contribution >= 0.6 is 0 Å². The quantitative estimate of drug-likeness (QED) is 0.617. The van der Waals surface area contributed by atoms with E-state index < -0.39 is 0 Å². The van der Waals surface area contributed by atoms with Crippen molar-refractivity contribution >= 4 is 5.78 Å². The Labute approximate surface area is 56.4 Å². The fourth-order valence-electron chi connectivity index (χ4n) is 0.581. The van der Waals surface area contributed by atoms with Crippen LogP contribution in [-0.4, -0.2) is 11.8 Å². The van der Waals surface area contributed by atoms with Crippen LogP contribution in [0.15, 0.2) is 0 Å². The molecule has 0 aliphatic rings. The number of rotatable bonds is 4. The van der Waals surface area contributed by atoms with Crippen molar-refractivity contribution < 1.29 is 4.79 Å². The molecule has 0 bridgehead atoms. The van der Waals surface area contributed by atoms with Gasteiger partial charge in [0.05, 0.1) is 0 Å². The zero-order chi connectivity index (χ0) is 7.28. The van der Waals surface area contributed by atoms with E-state index in [1.807, 2.05) is 13.8 Å². The van der Waals surface area contributed by atoms with Crippen molar-refractivity contribution in [1.29, 1.82) is 0 Å². The van der Waals surface area contributed by atoms with Crippen molar-refractivity contribution in [2.75, 3.05) is 0 Å². The molecule has 0 radical (unpaired) electrons. The van der Waals surface area contributed by atoms with Gasteiger partial charge in [0.15, 0.2) is 0 Å². The molecule has 0 heterocycles. The molecular weight excluding hydrogens is 114 g/mol. The van der Waals surface area contributed by atoms with E-state index in [0.717, 1.165) is 6.42 Å². The van der Waals surface area contributed by atoms with Crippen LogP contribution in [0.4, 0.5) is 0 Å². The summed E-state index contributed by atoms with van der Waals surface area (Å²) in [6, 6.07) is 0.0810.